The number of hydrogen-bond donors (Lipinski definition) is 0. The molecular weight excluding hydrogens is 312 g/mol. The van der Waals surface area contributed by atoms with Crippen molar-refractivity contribution in [3.05, 3.63) is 71.8 Å². The van der Waals surface area contributed by atoms with Crippen LogP contribution < -0.4 is 0 Å². The van der Waals surface area contributed by atoms with Crippen LogP contribution in [-0.2, 0) is 16.1 Å². The molecule has 3 rings (SSSR count). The molecule has 124 valence electrons. The molecule has 0 amide bonds. The molecule has 0 aromatic heterocycles. The van der Waals surface area contributed by atoms with Gasteiger partial charge in [-0.2, -0.15) is 0 Å². The van der Waals surface area contributed by atoms with Gasteiger partial charge in [-0.05, 0) is 24.0 Å². The van der Waals surface area contributed by atoms with Crippen molar-refractivity contribution in [3.63, 3.8) is 0 Å². The first-order chi connectivity index (χ1) is 11.6. The number of nitrogens with zero attached hydrogens (tertiary/aromatic N) is 1. The van der Waals surface area contributed by atoms with E-state index in [-0.39, 0.29) is 13.0 Å². The molecule has 0 saturated carbocycles. The fourth-order valence-corrected chi connectivity index (χ4v) is 2.74. The third kappa shape index (κ3) is 3.20. The number of alkyl halides is 2. The third-order valence-electron chi connectivity index (χ3n) is 4.11. The van der Waals surface area contributed by atoms with E-state index in [0.29, 0.717) is 12.1 Å². The van der Waals surface area contributed by atoms with Gasteiger partial charge in [0.15, 0.2) is 0 Å². The average Bonchev–Trinajstić information content (AvgIpc) is 3.08. The Morgan fingerprint density at radius 2 is 1.71 bits per heavy atom. The second kappa shape index (κ2) is 6.91. The van der Waals surface area contributed by atoms with Crippen LogP contribution in [0.2, 0.25) is 0 Å². The van der Waals surface area contributed by atoms with Crippen molar-refractivity contribution in [2.75, 3.05) is 0 Å². The molecule has 0 spiro atoms. The standard InChI is InChI=1S/C19H17F2NO2/c20-17(21)19(18(23)24-13-14-7-3-1-4-8-14)12-11-16(22-19)15-9-5-2-6-10-15/h1-10,17H,11-13H2/t19-/m0/s1. The van der Waals surface area contributed by atoms with Gasteiger partial charge in [0.25, 0.3) is 6.43 Å². The number of carbonyl (C=O) groups excluding carboxylic acids is 1. The molecule has 0 N–H and O–H groups in total. The van der Waals surface area contributed by atoms with E-state index in [2.05, 4.69) is 4.99 Å². The summed E-state index contributed by atoms with van der Waals surface area (Å²) in [5, 5.41) is 0. The number of carbonyl (C=O) groups is 1. The highest BCUT2D eigenvalue weighted by atomic mass is 19.3. The largest absolute Gasteiger partial charge is 0.459 e. The Morgan fingerprint density at radius 1 is 1.08 bits per heavy atom. The first-order valence-corrected chi connectivity index (χ1v) is 7.75. The van der Waals surface area contributed by atoms with Crippen LogP contribution in [0.1, 0.15) is 24.0 Å². The van der Waals surface area contributed by atoms with Crippen molar-refractivity contribution < 1.29 is 18.3 Å². The molecule has 2 aromatic rings. The zero-order valence-electron chi connectivity index (χ0n) is 13.0. The predicted molar refractivity (Wildman–Crippen MR) is 87.2 cm³/mol. The van der Waals surface area contributed by atoms with Crippen LogP contribution in [0.4, 0.5) is 8.78 Å². The molecule has 1 aliphatic heterocycles. The normalized spacial score (nSPS) is 20.0. The van der Waals surface area contributed by atoms with Crippen molar-refractivity contribution in [1.82, 2.24) is 0 Å². The Labute approximate surface area is 139 Å². The van der Waals surface area contributed by atoms with Crippen molar-refractivity contribution in [2.24, 2.45) is 4.99 Å². The first-order valence-electron chi connectivity index (χ1n) is 7.75. The predicted octanol–water partition coefficient (Wildman–Crippen LogP) is 4.02. The quantitative estimate of drug-likeness (QED) is 0.777. The molecule has 0 radical (unpaired) electrons. The summed E-state index contributed by atoms with van der Waals surface area (Å²) in [4.78, 5) is 16.4. The van der Waals surface area contributed by atoms with Gasteiger partial charge in [0, 0.05) is 5.71 Å². The number of benzene rings is 2. The second-order valence-electron chi connectivity index (χ2n) is 5.71. The maximum atomic E-state index is 13.7. The molecule has 0 fully saturated rings. The van der Waals surface area contributed by atoms with Gasteiger partial charge in [-0.3, -0.25) is 4.99 Å². The summed E-state index contributed by atoms with van der Waals surface area (Å²) in [5.41, 5.74) is -0.0658. The number of halogens is 2. The van der Waals surface area contributed by atoms with E-state index in [1.165, 1.54) is 0 Å². The van der Waals surface area contributed by atoms with Crippen LogP contribution in [0.25, 0.3) is 0 Å². The molecule has 0 aliphatic carbocycles. The van der Waals surface area contributed by atoms with Crippen LogP contribution >= 0.6 is 0 Å². The van der Waals surface area contributed by atoms with Crippen LogP contribution in [0, 0.1) is 0 Å². The fraction of sp³-hybridized carbons (Fsp3) is 0.263. The minimum absolute atomic E-state index is 0.0374. The third-order valence-corrected chi connectivity index (χ3v) is 4.11. The van der Waals surface area contributed by atoms with E-state index in [4.69, 9.17) is 4.74 Å². The van der Waals surface area contributed by atoms with Crippen molar-refractivity contribution in [3.8, 4) is 0 Å². The monoisotopic (exact) mass is 329 g/mol. The molecule has 3 nitrogen and oxygen atoms in total. The zero-order valence-corrected chi connectivity index (χ0v) is 13.0. The van der Waals surface area contributed by atoms with Gasteiger partial charge in [0.1, 0.15) is 6.61 Å². The maximum absolute atomic E-state index is 13.7. The maximum Gasteiger partial charge on any atom is 0.340 e. The highest BCUT2D eigenvalue weighted by Gasteiger charge is 2.51. The van der Waals surface area contributed by atoms with E-state index in [1.807, 2.05) is 24.3 Å². The number of ether oxygens (including phenoxy) is 1. The lowest BCUT2D eigenvalue weighted by Crippen LogP contribution is -2.43. The van der Waals surface area contributed by atoms with E-state index in [0.717, 1.165) is 11.1 Å². The van der Waals surface area contributed by atoms with Gasteiger partial charge in [0.2, 0.25) is 5.54 Å². The summed E-state index contributed by atoms with van der Waals surface area (Å²) in [5.74, 6) is -0.965. The summed E-state index contributed by atoms with van der Waals surface area (Å²) < 4.78 is 32.4. The van der Waals surface area contributed by atoms with Crippen molar-refractivity contribution in [1.29, 1.82) is 0 Å². The summed E-state index contributed by atoms with van der Waals surface area (Å²) in [7, 11) is 0. The van der Waals surface area contributed by atoms with E-state index < -0.39 is 17.9 Å². The molecule has 24 heavy (non-hydrogen) atoms. The highest BCUT2D eigenvalue weighted by Crippen LogP contribution is 2.35. The van der Waals surface area contributed by atoms with Crippen molar-refractivity contribution >= 4 is 11.7 Å². The molecule has 2 aromatic carbocycles. The molecule has 5 heteroatoms. The van der Waals surface area contributed by atoms with E-state index in [1.54, 1.807) is 36.4 Å². The number of rotatable bonds is 5. The van der Waals surface area contributed by atoms with Gasteiger partial charge in [-0.25, -0.2) is 13.6 Å². The summed E-state index contributed by atoms with van der Waals surface area (Å²) in [6.45, 7) is -0.0374. The van der Waals surface area contributed by atoms with Gasteiger partial charge < -0.3 is 4.74 Å². The lowest BCUT2D eigenvalue weighted by atomic mass is 9.97. The summed E-state index contributed by atoms with van der Waals surface area (Å²) in [6.07, 6.45) is -2.61. The van der Waals surface area contributed by atoms with Crippen LogP contribution in [0.15, 0.2) is 65.7 Å². The second-order valence-corrected chi connectivity index (χ2v) is 5.71. The Hall–Kier alpha value is -2.56. The number of aliphatic imine (C=N–C) groups is 1. The van der Waals surface area contributed by atoms with Gasteiger partial charge in [-0.15, -0.1) is 0 Å². The van der Waals surface area contributed by atoms with Crippen LogP contribution in [-0.4, -0.2) is 23.6 Å². The zero-order chi connectivity index (χ0) is 17.0. The Bertz CT molecular complexity index is 732. The number of esters is 1. The Kier molecular flexibility index (Phi) is 4.69. The lowest BCUT2D eigenvalue weighted by molar-refractivity contribution is -0.157. The molecule has 0 unspecified atom stereocenters. The molecule has 1 heterocycles. The lowest BCUT2D eigenvalue weighted by Gasteiger charge is -2.22. The summed E-state index contributed by atoms with van der Waals surface area (Å²) in [6, 6.07) is 18.0. The highest BCUT2D eigenvalue weighted by molar-refractivity contribution is 6.04. The molecule has 1 aliphatic rings. The fourth-order valence-electron chi connectivity index (χ4n) is 2.74. The minimum atomic E-state index is -2.90. The minimum Gasteiger partial charge on any atom is -0.459 e. The molecule has 0 saturated heterocycles. The topological polar surface area (TPSA) is 38.7 Å². The van der Waals surface area contributed by atoms with Crippen LogP contribution in [0.5, 0.6) is 0 Å². The molecular formula is C19H17F2NO2. The van der Waals surface area contributed by atoms with E-state index >= 15 is 0 Å². The number of hydrogen-bond acceptors (Lipinski definition) is 3. The summed E-state index contributed by atoms with van der Waals surface area (Å²) >= 11 is 0. The first kappa shape index (κ1) is 16.3. The van der Waals surface area contributed by atoms with Crippen molar-refractivity contribution in [2.45, 2.75) is 31.4 Å². The SMILES string of the molecule is O=C(OCc1ccccc1)[C@@]1(C(F)F)CCC(c2ccccc2)=N1. The van der Waals surface area contributed by atoms with Crippen LogP contribution in [0.3, 0.4) is 0 Å². The average molecular weight is 329 g/mol. The van der Waals surface area contributed by atoms with Gasteiger partial charge in [0.05, 0.1) is 0 Å². The Balaban J connectivity index is 1.79. The van der Waals surface area contributed by atoms with Gasteiger partial charge in [-0.1, -0.05) is 60.7 Å². The van der Waals surface area contributed by atoms with Gasteiger partial charge >= 0.3 is 5.97 Å². The molecule has 0 bridgehead atoms. The molecule has 1 atom stereocenters. The Morgan fingerprint density at radius 3 is 2.33 bits per heavy atom. The smallest absolute Gasteiger partial charge is 0.340 e. The van der Waals surface area contributed by atoms with E-state index in [9.17, 15) is 13.6 Å².